The van der Waals surface area contributed by atoms with Crippen LogP contribution >= 0.6 is 0 Å². The number of H-pyrrole nitrogens is 1. The number of benzene rings is 1. The van der Waals surface area contributed by atoms with E-state index >= 15 is 0 Å². The van der Waals surface area contributed by atoms with Crippen LogP contribution < -0.4 is 10.9 Å². The normalized spacial score (nSPS) is 11.9. The van der Waals surface area contributed by atoms with E-state index in [2.05, 4.69) is 10.3 Å². The zero-order valence-corrected chi connectivity index (χ0v) is 11.6. The Bertz CT molecular complexity index is 624. The molecule has 2 rings (SSSR count). The Hall–Kier alpha value is -2.36. The zero-order chi connectivity index (χ0) is 14.5. The van der Waals surface area contributed by atoms with Crippen molar-refractivity contribution >= 4 is 5.91 Å². The summed E-state index contributed by atoms with van der Waals surface area (Å²) in [6.45, 7) is 4.06. The molecule has 4 heteroatoms. The highest BCUT2D eigenvalue weighted by molar-refractivity contribution is 5.94. The Kier molecular flexibility index (Phi) is 4.35. The molecule has 2 N–H and O–H groups in total. The number of nitrogens with one attached hydrogen (secondary N) is 2. The Morgan fingerprint density at radius 3 is 2.45 bits per heavy atom. The molecule has 0 spiro atoms. The van der Waals surface area contributed by atoms with Crippen LogP contribution in [0.5, 0.6) is 0 Å². The molecule has 1 amide bonds. The van der Waals surface area contributed by atoms with Crippen molar-refractivity contribution in [3.63, 3.8) is 0 Å². The van der Waals surface area contributed by atoms with Crippen LogP contribution in [0.25, 0.3) is 0 Å². The lowest BCUT2D eigenvalue weighted by Crippen LogP contribution is -2.28. The maximum Gasteiger partial charge on any atom is 0.253 e. The second-order valence-corrected chi connectivity index (χ2v) is 4.79. The molecular formula is C16H18N2O2. The first-order valence-electron chi connectivity index (χ1n) is 6.66. The largest absolute Gasteiger partial charge is 0.345 e. The number of aryl methyl sites for hydroxylation is 1. The maximum atomic E-state index is 12.1. The van der Waals surface area contributed by atoms with Gasteiger partial charge in [-0.3, -0.25) is 9.59 Å². The van der Waals surface area contributed by atoms with Crippen molar-refractivity contribution in [2.24, 2.45) is 0 Å². The summed E-state index contributed by atoms with van der Waals surface area (Å²) in [6.07, 6.45) is 2.23. The van der Waals surface area contributed by atoms with Crippen LogP contribution in [-0.2, 0) is 0 Å². The molecular weight excluding hydrogens is 252 g/mol. The molecule has 2 aromatic rings. The summed E-state index contributed by atoms with van der Waals surface area (Å²) in [7, 11) is 0. The number of rotatable bonds is 4. The number of carbonyl (C=O) groups excluding carboxylic acids is 1. The van der Waals surface area contributed by atoms with Crippen LogP contribution in [0.15, 0.2) is 47.4 Å². The van der Waals surface area contributed by atoms with Crippen LogP contribution in [0.3, 0.4) is 0 Å². The van der Waals surface area contributed by atoms with Gasteiger partial charge >= 0.3 is 0 Å². The Morgan fingerprint density at radius 2 is 1.90 bits per heavy atom. The molecule has 0 bridgehead atoms. The predicted molar refractivity (Wildman–Crippen MR) is 78.7 cm³/mol. The number of pyridine rings is 1. The molecule has 20 heavy (non-hydrogen) atoms. The van der Waals surface area contributed by atoms with E-state index in [1.165, 1.54) is 23.9 Å². The fraction of sp³-hybridized carbons (Fsp3) is 0.250. The van der Waals surface area contributed by atoms with E-state index in [1.807, 2.05) is 38.1 Å². The SMILES string of the molecule is CC[C@H](NC(=O)c1ccc(=O)[nH]c1)c1ccc(C)cc1. The molecule has 0 fully saturated rings. The van der Waals surface area contributed by atoms with Gasteiger partial charge in [0.25, 0.3) is 5.91 Å². The number of carbonyl (C=O) groups is 1. The number of amides is 1. The minimum atomic E-state index is -0.216. The predicted octanol–water partition coefficient (Wildman–Crippen LogP) is 2.56. The second kappa shape index (κ2) is 6.19. The first kappa shape index (κ1) is 14.1. The van der Waals surface area contributed by atoms with Gasteiger partial charge in [0.15, 0.2) is 0 Å². The highest BCUT2D eigenvalue weighted by atomic mass is 16.2. The number of aromatic amines is 1. The van der Waals surface area contributed by atoms with Crippen molar-refractivity contribution in [2.75, 3.05) is 0 Å². The summed E-state index contributed by atoms with van der Waals surface area (Å²) in [5.74, 6) is -0.186. The number of aromatic nitrogens is 1. The first-order valence-corrected chi connectivity index (χ1v) is 6.66. The van der Waals surface area contributed by atoms with Gasteiger partial charge in [0.05, 0.1) is 11.6 Å². The Morgan fingerprint density at radius 1 is 1.20 bits per heavy atom. The Balaban J connectivity index is 2.13. The van der Waals surface area contributed by atoms with E-state index in [-0.39, 0.29) is 17.5 Å². The van der Waals surface area contributed by atoms with Crippen LogP contribution in [0.4, 0.5) is 0 Å². The van der Waals surface area contributed by atoms with Crippen molar-refractivity contribution in [1.29, 1.82) is 0 Å². The van der Waals surface area contributed by atoms with Crippen molar-refractivity contribution in [3.8, 4) is 0 Å². The van der Waals surface area contributed by atoms with Crippen LogP contribution in [-0.4, -0.2) is 10.9 Å². The third-order valence-corrected chi connectivity index (χ3v) is 3.24. The fourth-order valence-corrected chi connectivity index (χ4v) is 2.01. The van der Waals surface area contributed by atoms with Crippen molar-refractivity contribution in [2.45, 2.75) is 26.3 Å². The van der Waals surface area contributed by atoms with E-state index in [4.69, 9.17) is 0 Å². The third kappa shape index (κ3) is 3.35. The second-order valence-electron chi connectivity index (χ2n) is 4.79. The fourth-order valence-electron chi connectivity index (χ4n) is 2.01. The standard InChI is InChI=1S/C16H18N2O2/c1-3-14(12-6-4-11(2)5-7-12)18-16(20)13-8-9-15(19)17-10-13/h4-10,14H,3H2,1-2H3,(H,17,19)(H,18,20)/t14-/m0/s1. The summed E-state index contributed by atoms with van der Waals surface area (Å²) < 4.78 is 0. The van der Waals surface area contributed by atoms with Crippen LogP contribution in [0.2, 0.25) is 0 Å². The molecule has 1 atom stereocenters. The topological polar surface area (TPSA) is 62.0 Å². The Labute approximate surface area is 117 Å². The lowest BCUT2D eigenvalue weighted by molar-refractivity contribution is 0.0935. The van der Waals surface area contributed by atoms with Gasteiger partial charge in [0.1, 0.15) is 0 Å². The zero-order valence-electron chi connectivity index (χ0n) is 11.6. The molecule has 1 heterocycles. The average molecular weight is 270 g/mol. The van der Waals surface area contributed by atoms with Gasteiger partial charge in [-0.2, -0.15) is 0 Å². The summed E-state index contributed by atoms with van der Waals surface area (Å²) in [5, 5.41) is 2.98. The molecule has 0 aliphatic rings. The maximum absolute atomic E-state index is 12.1. The average Bonchev–Trinajstić information content (AvgIpc) is 2.46. The van der Waals surface area contributed by atoms with E-state index in [1.54, 1.807) is 0 Å². The van der Waals surface area contributed by atoms with E-state index in [0.29, 0.717) is 5.56 Å². The van der Waals surface area contributed by atoms with E-state index < -0.39 is 0 Å². The molecule has 104 valence electrons. The van der Waals surface area contributed by atoms with Crippen LogP contribution in [0.1, 0.15) is 40.9 Å². The quantitative estimate of drug-likeness (QED) is 0.897. The first-order chi connectivity index (χ1) is 9.60. The molecule has 0 unspecified atom stereocenters. The van der Waals surface area contributed by atoms with E-state index in [9.17, 15) is 9.59 Å². The van der Waals surface area contributed by atoms with Gasteiger partial charge in [-0.25, -0.2) is 0 Å². The summed E-state index contributed by atoms with van der Waals surface area (Å²) >= 11 is 0. The van der Waals surface area contributed by atoms with Gasteiger partial charge in [-0.05, 0) is 25.0 Å². The van der Waals surface area contributed by atoms with Gasteiger partial charge in [0.2, 0.25) is 5.56 Å². The summed E-state index contributed by atoms with van der Waals surface area (Å²) in [4.78, 5) is 25.6. The number of hydrogen-bond acceptors (Lipinski definition) is 2. The smallest absolute Gasteiger partial charge is 0.253 e. The molecule has 0 radical (unpaired) electrons. The minimum absolute atomic E-state index is 0.0324. The molecule has 0 aliphatic heterocycles. The molecule has 0 aliphatic carbocycles. The van der Waals surface area contributed by atoms with Crippen molar-refractivity contribution in [3.05, 3.63) is 69.6 Å². The molecule has 0 saturated heterocycles. The van der Waals surface area contributed by atoms with Crippen molar-refractivity contribution < 1.29 is 4.79 Å². The molecule has 1 aromatic carbocycles. The van der Waals surface area contributed by atoms with Crippen molar-refractivity contribution in [1.82, 2.24) is 10.3 Å². The van der Waals surface area contributed by atoms with Gasteiger partial charge in [-0.1, -0.05) is 36.8 Å². The van der Waals surface area contributed by atoms with Gasteiger partial charge in [0, 0.05) is 12.3 Å². The summed E-state index contributed by atoms with van der Waals surface area (Å²) in [6, 6.07) is 11.0. The lowest BCUT2D eigenvalue weighted by Gasteiger charge is -2.17. The van der Waals surface area contributed by atoms with E-state index in [0.717, 1.165) is 12.0 Å². The van der Waals surface area contributed by atoms with Crippen LogP contribution in [0, 0.1) is 6.92 Å². The minimum Gasteiger partial charge on any atom is -0.345 e. The highest BCUT2D eigenvalue weighted by Crippen LogP contribution is 2.17. The number of hydrogen-bond donors (Lipinski definition) is 2. The molecule has 4 nitrogen and oxygen atoms in total. The highest BCUT2D eigenvalue weighted by Gasteiger charge is 2.13. The monoisotopic (exact) mass is 270 g/mol. The molecule has 0 saturated carbocycles. The van der Waals surface area contributed by atoms with Gasteiger partial charge < -0.3 is 10.3 Å². The molecule has 1 aromatic heterocycles. The van der Waals surface area contributed by atoms with Gasteiger partial charge in [-0.15, -0.1) is 0 Å². The summed E-state index contributed by atoms with van der Waals surface area (Å²) in [5.41, 5.74) is 2.51. The lowest BCUT2D eigenvalue weighted by atomic mass is 10.0. The third-order valence-electron chi connectivity index (χ3n) is 3.24.